The van der Waals surface area contributed by atoms with Crippen molar-refractivity contribution in [3.05, 3.63) is 33.3 Å². The van der Waals surface area contributed by atoms with E-state index in [1.54, 1.807) is 0 Å². The minimum atomic E-state index is -0.507. The quantitative estimate of drug-likeness (QED) is 0.340. The van der Waals surface area contributed by atoms with Gasteiger partial charge < -0.3 is 9.47 Å². The molecule has 0 saturated heterocycles. The average molecular weight is 258 g/mol. The first-order valence-corrected chi connectivity index (χ1v) is 5.69. The molecule has 17 heavy (non-hydrogen) atoms. The molecule has 6 heteroatoms. The number of rotatable bonds is 6. The standard InChI is InChI=1S/C11H12ClNO4/c12-9-3-4-10(13(14)15)11(5-9)17-7-16-6-8-1-2-8/h3-5,8H,1-2,6-7H2. The minimum Gasteiger partial charge on any atom is -0.460 e. The second-order valence-electron chi connectivity index (χ2n) is 3.95. The van der Waals surface area contributed by atoms with Crippen molar-refractivity contribution >= 4 is 17.3 Å². The summed E-state index contributed by atoms with van der Waals surface area (Å²) in [6.45, 7) is 0.659. The van der Waals surface area contributed by atoms with E-state index in [0.29, 0.717) is 17.5 Å². The first kappa shape index (κ1) is 12.1. The van der Waals surface area contributed by atoms with E-state index in [0.717, 1.165) is 0 Å². The van der Waals surface area contributed by atoms with Crippen molar-refractivity contribution in [2.45, 2.75) is 12.8 Å². The molecule has 0 heterocycles. The topological polar surface area (TPSA) is 61.6 Å². The van der Waals surface area contributed by atoms with Crippen LogP contribution in [0.4, 0.5) is 5.69 Å². The van der Waals surface area contributed by atoms with Gasteiger partial charge in [-0.05, 0) is 24.8 Å². The van der Waals surface area contributed by atoms with E-state index in [1.807, 2.05) is 0 Å². The molecule has 1 aliphatic carbocycles. The van der Waals surface area contributed by atoms with Gasteiger partial charge in [0.05, 0.1) is 11.5 Å². The van der Waals surface area contributed by atoms with Gasteiger partial charge in [0.1, 0.15) is 0 Å². The number of nitro groups is 1. The maximum absolute atomic E-state index is 10.7. The highest BCUT2D eigenvalue weighted by atomic mass is 35.5. The Morgan fingerprint density at radius 2 is 2.24 bits per heavy atom. The number of nitro benzene ring substituents is 1. The lowest BCUT2D eigenvalue weighted by Gasteiger charge is -2.07. The molecule has 92 valence electrons. The maximum Gasteiger partial charge on any atom is 0.311 e. The lowest BCUT2D eigenvalue weighted by molar-refractivity contribution is -0.386. The van der Waals surface area contributed by atoms with Gasteiger partial charge in [-0.15, -0.1) is 0 Å². The number of nitrogens with zero attached hydrogens (tertiary/aromatic N) is 1. The summed E-state index contributed by atoms with van der Waals surface area (Å²) < 4.78 is 10.5. The summed E-state index contributed by atoms with van der Waals surface area (Å²) in [5, 5.41) is 11.1. The molecular weight excluding hydrogens is 246 g/mol. The molecule has 0 aliphatic heterocycles. The fourth-order valence-electron chi connectivity index (χ4n) is 1.36. The van der Waals surface area contributed by atoms with Crippen LogP contribution in [-0.2, 0) is 4.74 Å². The highest BCUT2D eigenvalue weighted by molar-refractivity contribution is 6.30. The van der Waals surface area contributed by atoms with Crippen molar-refractivity contribution in [1.82, 2.24) is 0 Å². The molecule has 2 rings (SSSR count). The Labute approximate surface area is 103 Å². The second kappa shape index (κ2) is 5.33. The van der Waals surface area contributed by atoms with E-state index in [9.17, 15) is 10.1 Å². The van der Waals surface area contributed by atoms with Gasteiger partial charge in [-0.3, -0.25) is 10.1 Å². The fraction of sp³-hybridized carbons (Fsp3) is 0.455. The third kappa shape index (κ3) is 3.57. The molecule has 0 bridgehead atoms. The smallest absolute Gasteiger partial charge is 0.311 e. The average Bonchev–Trinajstić information content (AvgIpc) is 3.08. The largest absolute Gasteiger partial charge is 0.460 e. The van der Waals surface area contributed by atoms with Gasteiger partial charge in [-0.25, -0.2) is 0 Å². The minimum absolute atomic E-state index is 0.0116. The fourth-order valence-corrected chi connectivity index (χ4v) is 1.52. The van der Waals surface area contributed by atoms with Gasteiger partial charge in [0, 0.05) is 17.2 Å². The van der Waals surface area contributed by atoms with E-state index in [1.165, 1.54) is 31.0 Å². The molecule has 1 aromatic carbocycles. The number of halogens is 1. The third-order valence-electron chi connectivity index (χ3n) is 2.47. The van der Waals surface area contributed by atoms with Crippen molar-refractivity contribution in [2.75, 3.05) is 13.4 Å². The normalized spacial score (nSPS) is 14.6. The zero-order chi connectivity index (χ0) is 12.3. The molecule has 1 aromatic rings. The van der Waals surface area contributed by atoms with Crippen LogP contribution in [0.3, 0.4) is 0 Å². The Hall–Kier alpha value is -1.33. The van der Waals surface area contributed by atoms with Gasteiger partial charge in [0.15, 0.2) is 6.79 Å². The first-order chi connectivity index (χ1) is 8.16. The van der Waals surface area contributed by atoms with Crippen LogP contribution in [0.25, 0.3) is 0 Å². The van der Waals surface area contributed by atoms with Crippen molar-refractivity contribution in [1.29, 1.82) is 0 Å². The molecule has 0 unspecified atom stereocenters. The van der Waals surface area contributed by atoms with E-state index in [4.69, 9.17) is 21.1 Å². The van der Waals surface area contributed by atoms with Gasteiger partial charge in [-0.1, -0.05) is 11.6 Å². The predicted octanol–water partition coefficient (Wildman–Crippen LogP) is 3.01. The number of hydrogen-bond donors (Lipinski definition) is 0. The van der Waals surface area contributed by atoms with Crippen molar-refractivity contribution in [3.8, 4) is 5.75 Å². The summed E-state index contributed by atoms with van der Waals surface area (Å²) in [7, 11) is 0. The van der Waals surface area contributed by atoms with Crippen LogP contribution in [0.1, 0.15) is 12.8 Å². The van der Waals surface area contributed by atoms with Crippen molar-refractivity contribution in [3.63, 3.8) is 0 Å². The molecule has 0 atom stereocenters. The third-order valence-corrected chi connectivity index (χ3v) is 2.70. The molecule has 0 aromatic heterocycles. The summed E-state index contributed by atoms with van der Waals surface area (Å²) in [5.74, 6) is 0.770. The SMILES string of the molecule is O=[N+]([O-])c1ccc(Cl)cc1OCOCC1CC1. The van der Waals surface area contributed by atoms with Crippen LogP contribution >= 0.6 is 11.6 Å². The molecule has 1 fully saturated rings. The van der Waals surface area contributed by atoms with E-state index < -0.39 is 4.92 Å². The molecule has 0 spiro atoms. The van der Waals surface area contributed by atoms with Crippen LogP contribution in [0.15, 0.2) is 18.2 Å². The van der Waals surface area contributed by atoms with Gasteiger partial charge >= 0.3 is 5.69 Å². The Kier molecular flexibility index (Phi) is 3.81. The maximum atomic E-state index is 10.7. The predicted molar refractivity (Wildman–Crippen MR) is 62.3 cm³/mol. The van der Waals surface area contributed by atoms with Crippen LogP contribution in [-0.4, -0.2) is 18.3 Å². The monoisotopic (exact) mass is 257 g/mol. The van der Waals surface area contributed by atoms with Crippen LogP contribution in [0, 0.1) is 16.0 Å². The number of benzene rings is 1. The van der Waals surface area contributed by atoms with E-state index in [-0.39, 0.29) is 18.2 Å². The molecule has 0 amide bonds. The summed E-state index contributed by atoms with van der Waals surface area (Å²) in [6.07, 6.45) is 2.38. The van der Waals surface area contributed by atoms with Crippen LogP contribution in [0.2, 0.25) is 5.02 Å². The molecule has 0 N–H and O–H groups in total. The number of ether oxygens (including phenoxy) is 2. The highest BCUT2D eigenvalue weighted by Crippen LogP contribution is 2.31. The Morgan fingerprint density at radius 1 is 1.47 bits per heavy atom. The molecule has 0 radical (unpaired) electrons. The summed E-state index contributed by atoms with van der Waals surface area (Å²) in [5.41, 5.74) is -0.107. The Bertz CT molecular complexity index is 420. The van der Waals surface area contributed by atoms with Crippen molar-refractivity contribution in [2.24, 2.45) is 5.92 Å². The summed E-state index contributed by atoms with van der Waals surface area (Å²) >= 11 is 5.75. The van der Waals surface area contributed by atoms with Crippen LogP contribution < -0.4 is 4.74 Å². The molecule has 1 aliphatic rings. The van der Waals surface area contributed by atoms with E-state index >= 15 is 0 Å². The Balaban J connectivity index is 1.92. The number of hydrogen-bond acceptors (Lipinski definition) is 4. The zero-order valence-corrected chi connectivity index (χ0v) is 9.85. The first-order valence-electron chi connectivity index (χ1n) is 5.31. The molecule has 5 nitrogen and oxygen atoms in total. The van der Waals surface area contributed by atoms with Gasteiger partial charge in [-0.2, -0.15) is 0 Å². The second-order valence-corrected chi connectivity index (χ2v) is 4.38. The van der Waals surface area contributed by atoms with Crippen LogP contribution in [0.5, 0.6) is 5.75 Å². The highest BCUT2D eigenvalue weighted by Gasteiger charge is 2.21. The molecule has 1 saturated carbocycles. The van der Waals surface area contributed by atoms with E-state index in [2.05, 4.69) is 0 Å². The van der Waals surface area contributed by atoms with Gasteiger partial charge in [0.2, 0.25) is 5.75 Å². The summed E-state index contributed by atoms with van der Waals surface area (Å²) in [4.78, 5) is 10.2. The lowest BCUT2D eigenvalue weighted by Crippen LogP contribution is -2.06. The lowest BCUT2D eigenvalue weighted by atomic mass is 10.3. The van der Waals surface area contributed by atoms with Crippen molar-refractivity contribution < 1.29 is 14.4 Å². The molecular formula is C11H12ClNO4. The summed E-state index contributed by atoms with van der Waals surface area (Å²) in [6, 6.07) is 4.19. The Morgan fingerprint density at radius 3 is 2.88 bits per heavy atom. The van der Waals surface area contributed by atoms with Gasteiger partial charge in [0.25, 0.3) is 0 Å². The zero-order valence-electron chi connectivity index (χ0n) is 9.10.